The molecule has 0 radical (unpaired) electrons. The molecule has 0 spiro atoms. The van der Waals surface area contributed by atoms with Gasteiger partial charge < -0.3 is 9.64 Å². The average molecular weight is 336 g/mol. The second-order valence-corrected chi connectivity index (χ2v) is 7.37. The minimum Gasteiger partial charge on any atom is -0.381 e. The summed E-state index contributed by atoms with van der Waals surface area (Å²) in [6.45, 7) is 0.878. The van der Waals surface area contributed by atoms with Crippen molar-refractivity contribution in [1.82, 2.24) is 4.90 Å². The Kier molecular flexibility index (Phi) is 4.85. The Morgan fingerprint density at radius 1 is 1.38 bits per heavy atom. The van der Waals surface area contributed by atoms with Crippen molar-refractivity contribution >= 4 is 25.6 Å². The molecule has 1 amide bonds. The Balaban J connectivity index is 2.23. The fourth-order valence-corrected chi connectivity index (χ4v) is 3.06. The minimum atomic E-state index is -4.00. The molecule has 5 nitrogen and oxygen atoms in total. The number of carbonyl (C=O) groups excluding carboxylic acids is 1. The van der Waals surface area contributed by atoms with Gasteiger partial charge in [-0.1, -0.05) is 0 Å². The number of rotatable bonds is 3. The highest BCUT2D eigenvalue weighted by Gasteiger charge is 2.26. The van der Waals surface area contributed by atoms with Crippen LogP contribution in [0.3, 0.4) is 0 Å². The molecule has 1 aliphatic heterocycles. The van der Waals surface area contributed by atoms with Crippen molar-refractivity contribution in [2.45, 2.75) is 23.8 Å². The largest absolute Gasteiger partial charge is 0.381 e. The smallest absolute Gasteiger partial charge is 0.261 e. The summed E-state index contributed by atoms with van der Waals surface area (Å²) in [5.74, 6) is -1.30. The minimum absolute atomic E-state index is 0.0912. The number of hydrogen-bond acceptors (Lipinski definition) is 4. The molecule has 0 bridgehead atoms. The first-order valence-electron chi connectivity index (χ1n) is 6.39. The highest BCUT2D eigenvalue weighted by atomic mass is 35.7. The van der Waals surface area contributed by atoms with Crippen LogP contribution in [0.15, 0.2) is 23.1 Å². The summed E-state index contributed by atoms with van der Waals surface area (Å²) in [4.78, 5) is 13.5. The summed E-state index contributed by atoms with van der Waals surface area (Å²) in [6.07, 6.45) is 1.42. The maximum Gasteiger partial charge on any atom is 0.261 e. The highest BCUT2D eigenvalue weighted by Crippen LogP contribution is 2.22. The van der Waals surface area contributed by atoms with Crippen molar-refractivity contribution in [3.05, 3.63) is 29.6 Å². The van der Waals surface area contributed by atoms with Crippen LogP contribution in [0, 0.1) is 5.82 Å². The van der Waals surface area contributed by atoms with Gasteiger partial charge in [0.25, 0.3) is 15.0 Å². The fraction of sp³-hybridized carbons (Fsp3) is 0.462. The Morgan fingerprint density at radius 3 is 2.52 bits per heavy atom. The number of amides is 1. The number of carbonyl (C=O) groups is 1. The molecule has 0 aliphatic carbocycles. The van der Waals surface area contributed by atoms with Crippen LogP contribution in [-0.2, 0) is 13.8 Å². The van der Waals surface area contributed by atoms with Crippen LogP contribution >= 0.6 is 10.7 Å². The van der Waals surface area contributed by atoms with Crippen molar-refractivity contribution in [3.63, 3.8) is 0 Å². The van der Waals surface area contributed by atoms with E-state index in [-0.39, 0.29) is 16.6 Å². The first-order valence-corrected chi connectivity index (χ1v) is 8.70. The standard InChI is InChI=1S/C13H15ClFNO4S/c1-20-9-4-6-16(7-5-9)13(17)11-8-10(21(14,18)19)2-3-12(11)15/h2-3,8-9H,4-7H2,1H3. The summed E-state index contributed by atoms with van der Waals surface area (Å²) in [6, 6.07) is 2.94. The van der Waals surface area contributed by atoms with Gasteiger partial charge in [-0.2, -0.15) is 0 Å². The van der Waals surface area contributed by atoms with Gasteiger partial charge in [0.15, 0.2) is 0 Å². The zero-order chi connectivity index (χ0) is 15.6. The Morgan fingerprint density at radius 2 is 2.00 bits per heavy atom. The van der Waals surface area contributed by atoms with E-state index in [9.17, 15) is 17.6 Å². The maximum absolute atomic E-state index is 13.8. The van der Waals surface area contributed by atoms with Crippen molar-refractivity contribution in [1.29, 1.82) is 0 Å². The molecule has 21 heavy (non-hydrogen) atoms. The molecule has 1 aromatic rings. The predicted molar refractivity (Wildman–Crippen MR) is 75.4 cm³/mol. The number of nitrogens with zero attached hydrogens (tertiary/aromatic N) is 1. The molecular formula is C13H15ClFNO4S. The molecule has 8 heteroatoms. The molecule has 1 fully saturated rings. The summed E-state index contributed by atoms with van der Waals surface area (Å²) in [7, 11) is 2.82. The zero-order valence-corrected chi connectivity index (χ0v) is 13.0. The van der Waals surface area contributed by atoms with Gasteiger partial charge in [-0.3, -0.25) is 4.79 Å². The van der Waals surface area contributed by atoms with Gasteiger partial charge in [0, 0.05) is 30.9 Å². The van der Waals surface area contributed by atoms with E-state index >= 15 is 0 Å². The third-order valence-corrected chi connectivity index (χ3v) is 4.86. The lowest BCUT2D eigenvalue weighted by Crippen LogP contribution is -2.41. The van der Waals surface area contributed by atoms with Crippen molar-refractivity contribution in [2.75, 3.05) is 20.2 Å². The highest BCUT2D eigenvalue weighted by molar-refractivity contribution is 8.13. The molecule has 1 heterocycles. The van der Waals surface area contributed by atoms with E-state index in [1.165, 1.54) is 4.90 Å². The van der Waals surface area contributed by atoms with Crippen LogP contribution < -0.4 is 0 Å². The SMILES string of the molecule is COC1CCN(C(=O)c2cc(S(=O)(=O)Cl)ccc2F)CC1. The van der Waals surface area contributed by atoms with Gasteiger partial charge in [0.2, 0.25) is 0 Å². The van der Waals surface area contributed by atoms with E-state index in [4.69, 9.17) is 15.4 Å². The van der Waals surface area contributed by atoms with Crippen molar-refractivity contribution < 1.29 is 22.3 Å². The third kappa shape index (κ3) is 3.72. The Hall–Kier alpha value is -1.18. The number of piperidine rings is 1. The molecule has 1 aliphatic rings. The molecule has 0 unspecified atom stereocenters. The summed E-state index contributed by atoms with van der Waals surface area (Å²) in [5, 5.41) is 0. The van der Waals surface area contributed by atoms with Crippen LogP contribution in [0.5, 0.6) is 0 Å². The van der Waals surface area contributed by atoms with Gasteiger partial charge in [-0.05, 0) is 31.0 Å². The average Bonchev–Trinajstić information content (AvgIpc) is 2.46. The second-order valence-electron chi connectivity index (χ2n) is 4.81. The summed E-state index contributed by atoms with van der Waals surface area (Å²) >= 11 is 0. The van der Waals surface area contributed by atoms with Crippen LogP contribution in [0.4, 0.5) is 4.39 Å². The van der Waals surface area contributed by atoms with Crippen LogP contribution in [0.25, 0.3) is 0 Å². The first kappa shape index (κ1) is 16.2. The van der Waals surface area contributed by atoms with Gasteiger partial charge in [-0.15, -0.1) is 0 Å². The molecule has 2 rings (SSSR count). The lowest BCUT2D eigenvalue weighted by molar-refractivity contribution is 0.0348. The topological polar surface area (TPSA) is 63.7 Å². The first-order chi connectivity index (χ1) is 9.82. The molecule has 0 saturated carbocycles. The molecule has 116 valence electrons. The zero-order valence-electron chi connectivity index (χ0n) is 11.4. The number of likely N-dealkylation sites (tertiary alicyclic amines) is 1. The van der Waals surface area contributed by atoms with E-state index in [1.807, 2.05) is 0 Å². The van der Waals surface area contributed by atoms with E-state index in [1.54, 1.807) is 7.11 Å². The fourth-order valence-electron chi connectivity index (χ4n) is 2.28. The molecule has 1 aromatic carbocycles. The number of methoxy groups -OCH3 is 1. The summed E-state index contributed by atoms with van der Waals surface area (Å²) in [5.41, 5.74) is -0.285. The number of hydrogen-bond donors (Lipinski definition) is 0. The second kappa shape index (κ2) is 6.29. The van der Waals surface area contributed by atoms with E-state index < -0.39 is 20.8 Å². The molecule has 0 aromatic heterocycles. The maximum atomic E-state index is 13.8. The van der Waals surface area contributed by atoms with Gasteiger partial charge in [0.05, 0.1) is 16.6 Å². The van der Waals surface area contributed by atoms with Crippen LogP contribution in [-0.4, -0.2) is 45.5 Å². The molecule has 0 N–H and O–H groups in total. The lowest BCUT2D eigenvalue weighted by atomic mass is 10.1. The quantitative estimate of drug-likeness (QED) is 0.793. The lowest BCUT2D eigenvalue weighted by Gasteiger charge is -2.31. The van der Waals surface area contributed by atoms with Crippen LogP contribution in [0.2, 0.25) is 0 Å². The molecule has 0 atom stereocenters. The summed E-state index contributed by atoms with van der Waals surface area (Å²) < 4.78 is 41.6. The van der Waals surface area contributed by atoms with Crippen LogP contribution in [0.1, 0.15) is 23.2 Å². The predicted octanol–water partition coefficient (Wildman–Crippen LogP) is 2.00. The number of ether oxygens (including phenoxy) is 1. The molecule has 1 saturated heterocycles. The third-order valence-electron chi connectivity index (χ3n) is 3.51. The van der Waals surface area contributed by atoms with E-state index in [0.29, 0.717) is 25.9 Å². The molecular weight excluding hydrogens is 321 g/mol. The monoisotopic (exact) mass is 335 g/mol. The Labute approximate surface area is 127 Å². The van der Waals surface area contributed by atoms with E-state index in [0.717, 1.165) is 18.2 Å². The van der Waals surface area contributed by atoms with Crippen molar-refractivity contribution in [3.8, 4) is 0 Å². The van der Waals surface area contributed by atoms with Crippen molar-refractivity contribution in [2.24, 2.45) is 0 Å². The number of benzene rings is 1. The van der Waals surface area contributed by atoms with Gasteiger partial charge in [-0.25, -0.2) is 12.8 Å². The Bertz CT molecular complexity index is 642. The number of halogens is 2. The van der Waals surface area contributed by atoms with E-state index in [2.05, 4.69) is 0 Å². The van der Waals surface area contributed by atoms with Gasteiger partial charge >= 0.3 is 0 Å². The normalized spacial score (nSPS) is 17.0. The van der Waals surface area contributed by atoms with Gasteiger partial charge in [0.1, 0.15) is 5.82 Å².